The number of hydrogen-bond donors (Lipinski definition) is 0. The third-order valence-electron chi connectivity index (χ3n) is 0.938. The van der Waals surface area contributed by atoms with Crippen LogP contribution >= 0.6 is 0 Å². The highest BCUT2D eigenvalue weighted by molar-refractivity contribution is 5.32. The fourth-order valence-corrected chi connectivity index (χ4v) is 0.506. The number of allylic oxidation sites excluding steroid dienone is 1. The Balaban J connectivity index is 3.10. The summed E-state index contributed by atoms with van der Waals surface area (Å²) in [6.45, 7) is 6.26. The maximum Gasteiger partial charge on any atom is 0.234 e. The monoisotopic (exact) mass is 125 g/mol. The molecule has 2 nitrogen and oxygen atoms in total. The van der Waals surface area contributed by atoms with Gasteiger partial charge in [0.15, 0.2) is 0 Å². The summed E-state index contributed by atoms with van der Waals surface area (Å²) in [4.78, 5) is 12.9. The van der Waals surface area contributed by atoms with Crippen molar-refractivity contribution in [2.45, 2.75) is 19.8 Å². The molecule has 0 amide bonds. The predicted molar refractivity (Wildman–Crippen MR) is 37.0 cm³/mol. The van der Waals surface area contributed by atoms with Crippen molar-refractivity contribution in [3.63, 3.8) is 0 Å². The van der Waals surface area contributed by atoms with E-state index in [1.54, 1.807) is 0 Å². The van der Waals surface area contributed by atoms with E-state index >= 15 is 0 Å². The average Bonchev–Trinajstić information content (AvgIpc) is 1.80. The van der Waals surface area contributed by atoms with Gasteiger partial charge in [-0.15, -0.1) is 6.58 Å². The van der Waals surface area contributed by atoms with Crippen LogP contribution in [0.2, 0.25) is 0 Å². The quantitative estimate of drug-likeness (QED) is 0.243. The summed E-state index contributed by atoms with van der Waals surface area (Å²) in [7, 11) is 0. The molecule has 0 aromatic carbocycles. The van der Waals surface area contributed by atoms with Crippen LogP contribution in [-0.2, 0) is 4.79 Å². The predicted octanol–water partition coefficient (Wildman–Crippen LogP) is 1.68. The molecule has 0 aromatic heterocycles. The van der Waals surface area contributed by atoms with E-state index in [-0.39, 0.29) is 0 Å². The summed E-state index contributed by atoms with van der Waals surface area (Å²) in [5, 5.41) is 0. The number of isocyanates is 1. The van der Waals surface area contributed by atoms with Gasteiger partial charge in [0.05, 0.1) is 6.54 Å². The van der Waals surface area contributed by atoms with Gasteiger partial charge in [0.25, 0.3) is 0 Å². The molecular weight excluding hydrogens is 114 g/mol. The fraction of sp³-hybridized carbons (Fsp3) is 0.571. The molecule has 0 aromatic rings. The Kier molecular flexibility index (Phi) is 4.75. The Morgan fingerprint density at radius 2 is 2.44 bits per heavy atom. The van der Waals surface area contributed by atoms with Gasteiger partial charge >= 0.3 is 0 Å². The van der Waals surface area contributed by atoms with Crippen LogP contribution in [0.15, 0.2) is 17.1 Å². The van der Waals surface area contributed by atoms with Gasteiger partial charge in [-0.25, -0.2) is 9.79 Å². The summed E-state index contributed by atoms with van der Waals surface area (Å²) < 4.78 is 0. The van der Waals surface area contributed by atoms with E-state index in [1.807, 2.05) is 6.92 Å². The van der Waals surface area contributed by atoms with Gasteiger partial charge in [-0.1, -0.05) is 5.57 Å². The zero-order valence-electron chi connectivity index (χ0n) is 5.68. The van der Waals surface area contributed by atoms with Gasteiger partial charge < -0.3 is 0 Å². The maximum absolute atomic E-state index is 9.54. The van der Waals surface area contributed by atoms with Crippen LogP contribution in [0.25, 0.3) is 0 Å². The van der Waals surface area contributed by atoms with Crippen LogP contribution in [-0.4, -0.2) is 12.6 Å². The Morgan fingerprint density at radius 3 is 2.89 bits per heavy atom. The molecule has 0 bridgehead atoms. The van der Waals surface area contributed by atoms with Gasteiger partial charge in [0.2, 0.25) is 6.08 Å². The molecule has 0 heterocycles. The lowest BCUT2D eigenvalue weighted by Crippen LogP contribution is -1.80. The molecule has 0 aliphatic rings. The van der Waals surface area contributed by atoms with Crippen molar-refractivity contribution in [1.82, 2.24) is 0 Å². The van der Waals surface area contributed by atoms with E-state index in [4.69, 9.17) is 0 Å². The van der Waals surface area contributed by atoms with E-state index in [1.165, 1.54) is 6.08 Å². The first-order valence-corrected chi connectivity index (χ1v) is 2.95. The van der Waals surface area contributed by atoms with Crippen LogP contribution in [0.1, 0.15) is 19.8 Å². The molecule has 0 rings (SSSR count). The molecular formula is C7H11NO. The molecule has 2 heteroatoms. The summed E-state index contributed by atoms with van der Waals surface area (Å²) in [5.74, 6) is 0. The molecule has 9 heavy (non-hydrogen) atoms. The van der Waals surface area contributed by atoms with Gasteiger partial charge in [-0.05, 0) is 19.8 Å². The van der Waals surface area contributed by atoms with E-state index in [9.17, 15) is 4.79 Å². The Bertz CT molecular complexity index is 132. The highest BCUT2D eigenvalue weighted by Gasteiger charge is 1.84. The topological polar surface area (TPSA) is 29.4 Å². The van der Waals surface area contributed by atoms with Crippen LogP contribution in [0.5, 0.6) is 0 Å². The van der Waals surface area contributed by atoms with Gasteiger partial charge in [0.1, 0.15) is 0 Å². The summed E-state index contributed by atoms with van der Waals surface area (Å²) in [5.41, 5.74) is 1.14. The van der Waals surface area contributed by atoms with E-state index in [2.05, 4.69) is 11.6 Å². The first-order valence-electron chi connectivity index (χ1n) is 2.95. The number of hydrogen-bond acceptors (Lipinski definition) is 2. The smallest absolute Gasteiger partial charge is 0.211 e. The van der Waals surface area contributed by atoms with Gasteiger partial charge in [-0.2, -0.15) is 0 Å². The number of aliphatic imine (C=N–C) groups is 1. The normalized spacial score (nSPS) is 8.11. The number of nitrogens with zero attached hydrogens (tertiary/aromatic N) is 1. The SMILES string of the molecule is C=C(C)CCCN=C=O. The van der Waals surface area contributed by atoms with Crippen molar-refractivity contribution in [3.05, 3.63) is 12.2 Å². The van der Waals surface area contributed by atoms with Crippen LogP contribution in [0, 0.1) is 0 Å². The molecule has 0 radical (unpaired) electrons. The zero-order chi connectivity index (χ0) is 7.11. The average molecular weight is 125 g/mol. The molecule has 0 unspecified atom stereocenters. The summed E-state index contributed by atoms with van der Waals surface area (Å²) in [6, 6.07) is 0. The van der Waals surface area contributed by atoms with Crippen molar-refractivity contribution < 1.29 is 4.79 Å². The van der Waals surface area contributed by atoms with Crippen molar-refractivity contribution >= 4 is 6.08 Å². The van der Waals surface area contributed by atoms with Crippen molar-refractivity contribution in [2.24, 2.45) is 4.99 Å². The van der Waals surface area contributed by atoms with Crippen molar-refractivity contribution in [2.75, 3.05) is 6.54 Å². The minimum atomic E-state index is 0.580. The molecule has 0 atom stereocenters. The number of carbonyl (C=O) groups excluding carboxylic acids is 1. The lowest BCUT2D eigenvalue weighted by molar-refractivity contribution is 0.562. The standard InChI is InChI=1S/C7H11NO/c1-7(2)4-3-5-8-6-9/h1,3-5H2,2H3. The highest BCUT2D eigenvalue weighted by atomic mass is 16.1. The minimum absolute atomic E-state index is 0.580. The maximum atomic E-state index is 9.54. The summed E-state index contributed by atoms with van der Waals surface area (Å²) in [6.07, 6.45) is 3.34. The van der Waals surface area contributed by atoms with E-state index in [0.717, 1.165) is 18.4 Å². The Hall–Kier alpha value is -0.880. The molecule has 0 saturated heterocycles. The molecule has 0 aliphatic heterocycles. The third-order valence-corrected chi connectivity index (χ3v) is 0.938. The summed E-state index contributed by atoms with van der Waals surface area (Å²) >= 11 is 0. The Morgan fingerprint density at radius 1 is 1.78 bits per heavy atom. The molecule has 0 aliphatic carbocycles. The van der Waals surface area contributed by atoms with Crippen molar-refractivity contribution in [1.29, 1.82) is 0 Å². The van der Waals surface area contributed by atoms with E-state index in [0.29, 0.717) is 6.54 Å². The minimum Gasteiger partial charge on any atom is -0.211 e. The first kappa shape index (κ1) is 8.12. The second-order valence-corrected chi connectivity index (χ2v) is 2.03. The molecule has 0 N–H and O–H groups in total. The number of rotatable bonds is 4. The largest absolute Gasteiger partial charge is 0.234 e. The zero-order valence-corrected chi connectivity index (χ0v) is 5.68. The van der Waals surface area contributed by atoms with Gasteiger partial charge in [0, 0.05) is 0 Å². The Labute approximate surface area is 55.3 Å². The van der Waals surface area contributed by atoms with E-state index < -0.39 is 0 Å². The van der Waals surface area contributed by atoms with Crippen molar-refractivity contribution in [3.8, 4) is 0 Å². The third kappa shape index (κ3) is 7.12. The first-order chi connectivity index (χ1) is 4.27. The van der Waals surface area contributed by atoms with Gasteiger partial charge in [-0.3, -0.25) is 0 Å². The lowest BCUT2D eigenvalue weighted by atomic mass is 10.2. The lowest BCUT2D eigenvalue weighted by Gasteiger charge is -1.91. The molecule has 0 spiro atoms. The molecule has 0 saturated carbocycles. The molecule has 50 valence electrons. The van der Waals surface area contributed by atoms with Crippen LogP contribution < -0.4 is 0 Å². The van der Waals surface area contributed by atoms with Crippen LogP contribution in [0.4, 0.5) is 0 Å². The second-order valence-electron chi connectivity index (χ2n) is 2.03. The molecule has 0 fully saturated rings. The second kappa shape index (κ2) is 5.26. The highest BCUT2D eigenvalue weighted by Crippen LogP contribution is 1.98. The van der Waals surface area contributed by atoms with Crippen LogP contribution in [0.3, 0.4) is 0 Å². The fourth-order valence-electron chi connectivity index (χ4n) is 0.506.